The van der Waals surface area contributed by atoms with E-state index in [2.05, 4.69) is 12.2 Å². The molecule has 5 nitrogen and oxygen atoms in total. The number of rotatable bonds is 3. The summed E-state index contributed by atoms with van der Waals surface area (Å²) in [6, 6.07) is 0.203. The minimum absolute atomic E-state index is 0.0759. The summed E-state index contributed by atoms with van der Waals surface area (Å²) in [5.74, 6) is -0.296. The highest BCUT2D eigenvalue weighted by Crippen LogP contribution is 2.47. The van der Waals surface area contributed by atoms with Crippen LogP contribution in [0.25, 0.3) is 0 Å². The fraction of sp³-hybridized carbons (Fsp3) is 0.818. The Hall–Kier alpha value is -1.10. The number of nitrogens with two attached hydrogens (primary N) is 1. The zero-order valence-electron chi connectivity index (χ0n) is 9.66. The van der Waals surface area contributed by atoms with E-state index in [0.29, 0.717) is 0 Å². The molecule has 0 bridgehead atoms. The van der Waals surface area contributed by atoms with Gasteiger partial charge >= 0.3 is 0 Å². The van der Waals surface area contributed by atoms with E-state index < -0.39 is 5.91 Å². The second kappa shape index (κ2) is 4.05. The number of carbonyl (C=O) groups is 2. The number of carbonyl (C=O) groups excluding carboxylic acids is 2. The first-order valence-corrected chi connectivity index (χ1v) is 5.92. The maximum Gasteiger partial charge on any atom is 0.237 e. The van der Waals surface area contributed by atoms with Gasteiger partial charge in [0.15, 0.2) is 0 Å². The van der Waals surface area contributed by atoms with Crippen LogP contribution in [0.1, 0.15) is 26.2 Å². The van der Waals surface area contributed by atoms with Crippen molar-refractivity contribution in [3.8, 4) is 0 Å². The summed E-state index contributed by atoms with van der Waals surface area (Å²) in [7, 11) is 0. The number of hydrogen-bond acceptors (Lipinski definition) is 3. The molecule has 0 saturated carbocycles. The largest absolute Gasteiger partial charge is 0.368 e. The first-order chi connectivity index (χ1) is 7.62. The molecule has 5 heteroatoms. The lowest BCUT2D eigenvalue weighted by atomic mass is 9.64. The Bertz CT molecular complexity index is 310. The highest BCUT2D eigenvalue weighted by Gasteiger charge is 2.59. The number of likely N-dealkylation sites (tertiary alicyclic amines) is 1. The van der Waals surface area contributed by atoms with Crippen LogP contribution < -0.4 is 11.1 Å². The molecule has 2 amide bonds. The predicted octanol–water partition coefficient (Wildman–Crippen LogP) is -0.538. The maximum atomic E-state index is 12.1. The normalized spacial score (nSPS) is 27.9. The van der Waals surface area contributed by atoms with Crippen molar-refractivity contribution in [2.45, 2.75) is 32.2 Å². The van der Waals surface area contributed by atoms with Crippen molar-refractivity contribution >= 4 is 11.8 Å². The molecule has 1 atom stereocenters. The van der Waals surface area contributed by atoms with Gasteiger partial charge in [0.05, 0.1) is 12.0 Å². The molecule has 2 saturated heterocycles. The molecule has 2 aliphatic heterocycles. The highest BCUT2D eigenvalue weighted by molar-refractivity contribution is 5.93. The highest BCUT2D eigenvalue weighted by atomic mass is 16.2. The van der Waals surface area contributed by atoms with Crippen LogP contribution in [-0.4, -0.2) is 42.4 Å². The standard InChI is InChI=1S/C11H19N3O2/c1-2-8-11(3-5-13-6-4-11)10(16)14(8)7-9(12)15/h8,13H,2-7H2,1H3,(H2,12,15). The van der Waals surface area contributed by atoms with Crippen LogP contribution in [0, 0.1) is 5.41 Å². The Labute approximate surface area is 95.3 Å². The summed E-state index contributed by atoms with van der Waals surface area (Å²) in [5.41, 5.74) is 4.96. The van der Waals surface area contributed by atoms with Gasteiger partial charge in [-0.2, -0.15) is 0 Å². The molecule has 0 aliphatic carbocycles. The Kier molecular flexibility index (Phi) is 2.88. The Morgan fingerprint density at radius 1 is 1.56 bits per heavy atom. The van der Waals surface area contributed by atoms with Gasteiger partial charge in [0.2, 0.25) is 11.8 Å². The zero-order chi connectivity index (χ0) is 11.8. The van der Waals surface area contributed by atoms with Crippen molar-refractivity contribution < 1.29 is 9.59 Å². The summed E-state index contributed by atoms with van der Waals surface area (Å²) in [6.45, 7) is 3.93. The third-order valence-electron chi connectivity index (χ3n) is 3.91. The summed E-state index contributed by atoms with van der Waals surface area (Å²) in [6.07, 6.45) is 2.68. The molecule has 90 valence electrons. The smallest absolute Gasteiger partial charge is 0.237 e. The minimum Gasteiger partial charge on any atom is -0.368 e. The molecule has 0 radical (unpaired) electrons. The summed E-state index contributed by atoms with van der Waals surface area (Å²) in [5, 5.41) is 3.27. The van der Waals surface area contributed by atoms with Crippen LogP contribution in [-0.2, 0) is 9.59 Å². The maximum absolute atomic E-state index is 12.1. The molecule has 2 rings (SSSR count). The number of piperidine rings is 1. The van der Waals surface area contributed by atoms with Gasteiger partial charge in [0, 0.05) is 6.04 Å². The van der Waals surface area contributed by atoms with Crippen LogP contribution in [0.15, 0.2) is 0 Å². The first-order valence-electron chi connectivity index (χ1n) is 5.92. The summed E-state index contributed by atoms with van der Waals surface area (Å²) in [4.78, 5) is 24.7. The molecule has 0 aromatic rings. The molecule has 0 aromatic carbocycles. The van der Waals surface area contributed by atoms with E-state index in [1.807, 2.05) is 0 Å². The number of primary amides is 1. The minimum atomic E-state index is -0.421. The van der Waals surface area contributed by atoms with Crippen molar-refractivity contribution in [2.75, 3.05) is 19.6 Å². The SMILES string of the molecule is CCC1N(CC(N)=O)C(=O)C12CCNCC2. The van der Waals surface area contributed by atoms with E-state index in [-0.39, 0.29) is 23.9 Å². The molecule has 2 fully saturated rings. The van der Waals surface area contributed by atoms with E-state index >= 15 is 0 Å². The predicted molar refractivity (Wildman–Crippen MR) is 59.5 cm³/mol. The quantitative estimate of drug-likeness (QED) is 0.634. The number of nitrogens with one attached hydrogen (secondary N) is 1. The van der Waals surface area contributed by atoms with Crippen LogP contribution in [0.2, 0.25) is 0 Å². The third kappa shape index (κ3) is 1.50. The Balaban J connectivity index is 2.11. The number of amides is 2. The van der Waals surface area contributed by atoms with Crippen molar-refractivity contribution in [3.05, 3.63) is 0 Å². The fourth-order valence-corrected chi connectivity index (χ4v) is 3.18. The lowest BCUT2D eigenvalue weighted by molar-refractivity contribution is -0.177. The van der Waals surface area contributed by atoms with Crippen LogP contribution in [0.4, 0.5) is 0 Å². The molecule has 1 spiro atoms. The fourth-order valence-electron chi connectivity index (χ4n) is 3.18. The monoisotopic (exact) mass is 225 g/mol. The Morgan fingerprint density at radius 3 is 2.69 bits per heavy atom. The zero-order valence-corrected chi connectivity index (χ0v) is 9.66. The molecule has 3 N–H and O–H groups in total. The van der Waals surface area contributed by atoms with Crippen molar-refractivity contribution in [3.63, 3.8) is 0 Å². The number of β-lactam (4-membered cyclic amide) rings is 1. The van der Waals surface area contributed by atoms with Gasteiger partial charge in [-0.3, -0.25) is 9.59 Å². The molecule has 16 heavy (non-hydrogen) atoms. The van der Waals surface area contributed by atoms with E-state index in [0.717, 1.165) is 32.4 Å². The van der Waals surface area contributed by atoms with Crippen LogP contribution in [0.5, 0.6) is 0 Å². The third-order valence-corrected chi connectivity index (χ3v) is 3.91. The van der Waals surface area contributed by atoms with E-state index in [1.54, 1.807) is 4.90 Å². The second-order valence-corrected chi connectivity index (χ2v) is 4.73. The Morgan fingerprint density at radius 2 is 2.19 bits per heavy atom. The lowest BCUT2D eigenvalue weighted by Crippen LogP contribution is -2.71. The van der Waals surface area contributed by atoms with Crippen molar-refractivity contribution in [1.82, 2.24) is 10.2 Å². The van der Waals surface area contributed by atoms with Gasteiger partial charge in [-0.1, -0.05) is 6.92 Å². The molecule has 0 aromatic heterocycles. The van der Waals surface area contributed by atoms with Gasteiger partial charge in [0.1, 0.15) is 0 Å². The van der Waals surface area contributed by atoms with Crippen molar-refractivity contribution in [2.24, 2.45) is 11.1 Å². The summed E-state index contributed by atoms with van der Waals surface area (Å²) < 4.78 is 0. The van der Waals surface area contributed by atoms with Gasteiger partial charge in [0.25, 0.3) is 0 Å². The van der Waals surface area contributed by atoms with E-state index in [9.17, 15) is 9.59 Å². The molecule has 1 unspecified atom stereocenters. The molecule has 2 aliphatic rings. The lowest BCUT2D eigenvalue weighted by Gasteiger charge is -2.57. The van der Waals surface area contributed by atoms with Crippen LogP contribution >= 0.6 is 0 Å². The molecular weight excluding hydrogens is 206 g/mol. The first kappa shape index (κ1) is 11.4. The topological polar surface area (TPSA) is 75.4 Å². The summed E-state index contributed by atoms with van der Waals surface area (Å²) >= 11 is 0. The van der Waals surface area contributed by atoms with Crippen molar-refractivity contribution in [1.29, 1.82) is 0 Å². The second-order valence-electron chi connectivity index (χ2n) is 4.73. The number of nitrogens with zero attached hydrogens (tertiary/aromatic N) is 1. The molecular formula is C11H19N3O2. The number of hydrogen-bond donors (Lipinski definition) is 2. The van der Waals surface area contributed by atoms with Gasteiger partial charge < -0.3 is 16.0 Å². The van der Waals surface area contributed by atoms with Gasteiger partial charge in [-0.15, -0.1) is 0 Å². The average Bonchev–Trinajstić information content (AvgIpc) is 2.29. The van der Waals surface area contributed by atoms with Gasteiger partial charge in [-0.25, -0.2) is 0 Å². The van der Waals surface area contributed by atoms with Crippen LogP contribution in [0.3, 0.4) is 0 Å². The molecule has 2 heterocycles. The van der Waals surface area contributed by atoms with E-state index in [4.69, 9.17) is 5.73 Å². The van der Waals surface area contributed by atoms with Gasteiger partial charge in [-0.05, 0) is 32.4 Å². The average molecular weight is 225 g/mol. The van der Waals surface area contributed by atoms with E-state index in [1.165, 1.54) is 0 Å².